The van der Waals surface area contributed by atoms with Gasteiger partial charge in [0.15, 0.2) is 5.78 Å². The summed E-state index contributed by atoms with van der Waals surface area (Å²) in [6.45, 7) is 3.49. The Morgan fingerprint density at radius 1 is 0.821 bits per heavy atom. The molecule has 0 heterocycles. The van der Waals surface area contributed by atoms with Crippen molar-refractivity contribution in [3.63, 3.8) is 0 Å². The van der Waals surface area contributed by atoms with E-state index < -0.39 is 7.10 Å². The van der Waals surface area contributed by atoms with E-state index in [1.165, 1.54) is 15.0 Å². The zero-order valence-corrected chi connectivity index (χ0v) is 18.5. The quantitative estimate of drug-likeness (QED) is 0.364. The Balaban J connectivity index is 1.88. The smallest absolute Gasteiger partial charge is 0.235 e. The number of anilines is 1. The Bertz CT molecular complexity index is 945. The molecule has 0 aliphatic carbocycles. The first-order valence-corrected chi connectivity index (χ1v) is 13.6. The molecule has 28 heavy (non-hydrogen) atoms. The van der Waals surface area contributed by atoms with Crippen LogP contribution >= 0.6 is 22.4 Å². The van der Waals surface area contributed by atoms with Crippen LogP contribution in [0.25, 0.3) is 0 Å². The second kappa shape index (κ2) is 10.4. The first kappa shape index (κ1) is 20.5. The molecule has 0 aromatic heterocycles. The lowest BCUT2D eigenvalue weighted by atomic mass is 10.3. The highest BCUT2D eigenvalue weighted by Gasteiger charge is 2.20. The summed E-state index contributed by atoms with van der Waals surface area (Å²) in [6, 6.07) is 29.6. The summed E-state index contributed by atoms with van der Waals surface area (Å²) >= 11 is 3.86. The first-order chi connectivity index (χ1) is 13.6. The standard InChI is InChI=1S/C23H22NOS2Si/c1-18(17-19(2)25)24-22-15-9-10-16-23(22)27-28(21-13-7-4-8-14-21)26-20-11-5-3-6-12-20/h3-17,24H,1-2H3/b18-17+. The fraction of sp³-hybridized carbons (Fsp3) is 0.0870. The van der Waals surface area contributed by atoms with Crippen molar-refractivity contribution >= 4 is 46.2 Å². The van der Waals surface area contributed by atoms with Crippen molar-refractivity contribution in [2.24, 2.45) is 0 Å². The Labute approximate surface area is 176 Å². The second-order valence-corrected chi connectivity index (χ2v) is 13.2. The van der Waals surface area contributed by atoms with Crippen LogP contribution in [0.15, 0.2) is 106 Å². The second-order valence-electron chi connectivity index (χ2n) is 6.23. The number of hydrogen-bond donors (Lipinski definition) is 1. The van der Waals surface area contributed by atoms with Crippen molar-refractivity contribution in [3.8, 4) is 0 Å². The summed E-state index contributed by atoms with van der Waals surface area (Å²) < 4.78 is 0. The van der Waals surface area contributed by atoms with E-state index in [4.69, 9.17) is 0 Å². The van der Waals surface area contributed by atoms with E-state index in [9.17, 15) is 4.79 Å². The lowest BCUT2D eigenvalue weighted by Crippen LogP contribution is -2.23. The van der Waals surface area contributed by atoms with Crippen LogP contribution in [0.5, 0.6) is 0 Å². The van der Waals surface area contributed by atoms with E-state index in [1.807, 2.05) is 35.4 Å². The number of para-hydroxylation sites is 1. The number of benzene rings is 3. The third-order valence-corrected chi connectivity index (χ3v) is 11.5. The molecular weight excluding hydrogens is 398 g/mol. The summed E-state index contributed by atoms with van der Waals surface area (Å²) in [6.07, 6.45) is 1.63. The summed E-state index contributed by atoms with van der Waals surface area (Å²) in [5, 5.41) is 4.76. The molecule has 3 rings (SSSR count). The van der Waals surface area contributed by atoms with E-state index in [0.717, 1.165) is 11.4 Å². The molecule has 2 nitrogen and oxygen atoms in total. The minimum atomic E-state index is -1.000. The predicted molar refractivity (Wildman–Crippen MR) is 124 cm³/mol. The van der Waals surface area contributed by atoms with Gasteiger partial charge < -0.3 is 5.32 Å². The number of nitrogens with one attached hydrogen (secondary N) is 1. The SMILES string of the molecule is CC(=O)/C=C(\C)Nc1ccccc1S[Si](Sc1ccccc1)c1ccccc1. The maximum absolute atomic E-state index is 11.4. The van der Waals surface area contributed by atoms with Crippen molar-refractivity contribution in [1.82, 2.24) is 0 Å². The summed E-state index contributed by atoms with van der Waals surface area (Å²) in [5.41, 5.74) is 1.89. The van der Waals surface area contributed by atoms with Gasteiger partial charge in [0, 0.05) is 15.5 Å². The zero-order valence-electron chi connectivity index (χ0n) is 15.9. The molecule has 1 radical (unpaired) electrons. The van der Waals surface area contributed by atoms with Gasteiger partial charge in [-0.3, -0.25) is 4.79 Å². The highest BCUT2D eigenvalue weighted by atomic mass is 32.6. The molecule has 3 aromatic carbocycles. The van der Waals surface area contributed by atoms with Crippen LogP contribution in [0, 0.1) is 0 Å². The van der Waals surface area contributed by atoms with E-state index in [-0.39, 0.29) is 5.78 Å². The minimum absolute atomic E-state index is 0.0452. The molecule has 3 aromatic rings. The van der Waals surface area contributed by atoms with E-state index in [1.54, 1.807) is 13.0 Å². The van der Waals surface area contributed by atoms with Crippen molar-refractivity contribution in [3.05, 3.63) is 96.7 Å². The van der Waals surface area contributed by atoms with E-state index >= 15 is 0 Å². The van der Waals surface area contributed by atoms with Crippen LogP contribution in [0.4, 0.5) is 5.69 Å². The number of carbonyl (C=O) groups excluding carboxylic acids is 1. The molecule has 0 saturated carbocycles. The molecule has 0 fully saturated rings. The number of carbonyl (C=O) groups is 1. The maximum Gasteiger partial charge on any atom is 0.235 e. The molecule has 0 aliphatic heterocycles. The van der Waals surface area contributed by atoms with Crippen LogP contribution in [0.2, 0.25) is 0 Å². The Morgan fingerprint density at radius 2 is 1.43 bits per heavy atom. The number of hydrogen-bond acceptors (Lipinski definition) is 4. The molecule has 0 amide bonds. The zero-order chi connectivity index (χ0) is 19.8. The molecule has 0 saturated heterocycles. The monoisotopic (exact) mass is 420 g/mol. The van der Waals surface area contributed by atoms with Gasteiger partial charge in [-0.25, -0.2) is 0 Å². The van der Waals surface area contributed by atoms with E-state index in [0.29, 0.717) is 0 Å². The lowest BCUT2D eigenvalue weighted by molar-refractivity contribution is -0.112. The fourth-order valence-corrected chi connectivity index (χ4v) is 10.3. The van der Waals surface area contributed by atoms with Gasteiger partial charge in [-0.1, -0.05) is 60.7 Å². The molecular formula is C23H22NOS2Si. The fourth-order valence-electron chi connectivity index (χ4n) is 2.62. The van der Waals surface area contributed by atoms with Gasteiger partial charge >= 0.3 is 0 Å². The van der Waals surface area contributed by atoms with Gasteiger partial charge in [-0.2, -0.15) is 0 Å². The average Bonchev–Trinajstić information content (AvgIpc) is 2.70. The van der Waals surface area contributed by atoms with Crippen LogP contribution in [-0.2, 0) is 4.79 Å². The Morgan fingerprint density at radius 3 is 2.11 bits per heavy atom. The van der Waals surface area contributed by atoms with Crippen LogP contribution in [0.1, 0.15) is 13.8 Å². The van der Waals surface area contributed by atoms with Crippen LogP contribution in [0.3, 0.4) is 0 Å². The Kier molecular flexibility index (Phi) is 7.59. The third kappa shape index (κ3) is 6.16. The van der Waals surface area contributed by atoms with Crippen molar-refractivity contribution in [2.75, 3.05) is 5.32 Å². The molecule has 5 heteroatoms. The van der Waals surface area contributed by atoms with E-state index in [2.05, 4.69) is 84.2 Å². The molecule has 0 bridgehead atoms. The maximum atomic E-state index is 11.4. The van der Waals surface area contributed by atoms with Crippen LogP contribution < -0.4 is 10.5 Å². The van der Waals surface area contributed by atoms with Gasteiger partial charge in [0.2, 0.25) is 7.10 Å². The molecule has 0 aliphatic rings. The molecule has 1 N–H and O–H groups in total. The predicted octanol–water partition coefficient (Wildman–Crippen LogP) is 5.87. The first-order valence-electron chi connectivity index (χ1n) is 9.00. The third-order valence-electron chi connectivity index (χ3n) is 3.80. The Hall–Kier alpha value is -2.21. The van der Waals surface area contributed by atoms with Crippen molar-refractivity contribution in [2.45, 2.75) is 23.6 Å². The minimum Gasteiger partial charge on any atom is -0.358 e. The lowest BCUT2D eigenvalue weighted by Gasteiger charge is -2.17. The van der Waals surface area contributed by atoms with Gasteiger partial charge in [0.1, 0.15) is 0 Å². The number of allylic oxidation sites excluding steroid dienone is 2. The topological polar surface area (TPSA) is 29.1 Å². The van der Waals surface area contributed by atoms with Gasteiger partial charge in [-0.05, 0) is 49.4 Å². The number of ketones is 1. The summed E-state index contributed by atoms with van der Waals surface area (Å²) in [5.74, 6) is 0.0452. The molecule has 0 atom stereocenters. The summed E-state index contributed by atoms with van der Waals surface area (Å²) in [7, 11) is -1.000. The number of rotatable bonds is 8. The summed E-state index contributed by atoms with van der Waals surface area (Å²) in [4.78, 5) is 13.9. The van der Waals surface area contributed by atoms with Crippen molar-refractivity contribution < 1.29 is 4.79 Å². The van der Waals surface area contributed by atoms with Gasteiger partial charge in [0.05, 0.1) is 5.69 Å². The van der Waals surface area contributed by atoms with Crippen LogP contribution in [-0.4, -0.2) is 12.9 Å². The van der Waals surface area contributed by atoms with Gasteiger partial charge in [0.25, 0.3) is 0 Å². The molecule has 141 valence electrons. The highest BCUT2D eigenvalue weighted by Crippen LogP contribution is 2.36. The molecule has 0 unspecified atom stereocenters. The average molecular weight is 421 g/mol. The molecule has 0 spiro atoms. The highest BCUT2D eigenvalue weighted by molar-refractivity contribution is 8.55. The van der Waals surface area contributed by atoms with Gasteiger partial charge in [-0.15, -0.1) is 22.4 Å². The largest absolute Gasteiger partial charge is 0.358 e. The normalized spacial score (nSPS) is 11.5. The van der Waals surface area contributed by atoms with Crippen molar-refractivity contribution in [1.29, 1.82) is 0 Å².